The van der Waals surface area contributed by atoms with Crippen LogP contribution < -0.4 is 4.90 Å². The Balaban J connectivity index is 1.45. The lowest BCUT2D eigenvalue weighted by Gasteiger charge is -2.50. The van der Waals surface area contributed by atoms with E-state index in [0.717, 1.165) is 19.0 Å². The van der Waals surface area contributed by atoms with E-state index < -0.39 is 57.9 Å². The summed E-state index contributed by atoms with van der Waals surface area (Å²) in [5.41, 5.74) is -0.204. The average molecular weight is 565 g/mol. The van der Waals surface area contributed by atoms with Gasteiger partial charge >= 0.3 is 0 Å². The molecule has 6 rings (SSSR count). The highest BCUT2D eigenvalue weighted by atomic mass is 16.3. The van der Waals surface area contributed by atoms with Crippen molar-refractivity contribution in [2.24, 2.45) is 23.2 Å². The fourth-order valence-electron chi connectivity index (χ4n) is 8.35. The number of aliphatic hydroxyl groups excluding tert-OH is 2. The quantitative estimate of drug-likeness (QED) is 0.384. The highest BCUT2D eigenvalue weighted by Gasteiger charge is 2.64. The third kappa shape index (κ3) is 3.91. The van der Waals surface area contributed by atoms with Crippen LogP contribution in [0, 0.1) is 23.2 Å². The van der Waals surface area contributed by atoms with Crippen LogP contribution in [0.2, 0.25) is 0 Å². The summed E-state index contributed by atoms with van der Waals surface area (Å²) >= 11 is 0. The molecule has 9 heteroatoms. The summed E-state index contributed by atoms with van der Waals surface area (Å²) in [5.74, 6) is -4.70. The first-order chi connectivity index (χ1) is 19.2. The van der Waals surface area contributed by atoms with Crippen LogP contribution in [-0.2, 0) is 27.2 Å². The van der Waals surface area contributed by atoms with Crippen molar-refractivity contribution < 1.29 is 34.8 Å². The number of aryl methyl sites for hydroxylation is 1. The molecule has 4 atom stereocenters. The molecule has 0 saturated heterocycles. The Labute approximate surface area is 240 Å². The minimum Gasteiger partial charge on any atom is -0.508 e. The van der Waals surface area contributed by atoms with Crippen LogP contribution in [0.1, 0.15) is 62.1 Å². The number of carbonyl (C=O) groups is 3. The monoisotopic (exact) mass is 564 g/mol. The van der Waals surface area contributed by atoms with Crippen LogP contribution in [-0.4, -0.2) is 82.5 Å². The molecule has 0 radical (unpaired) electrons. The number of nitrogens with zero attached hydrogens (tertiary/aromatic N) is 2. The molecule has 1 spiro atoms. The fourth-order valence-corrected chi connectivity index (χ4v) is 8.35. The lowest BCUT2D eigenvalue weighted by Crippen LogP contribution is -2.65. The molecule has 1 aromatic rings. The molecule has 3 saturated carbocycles. The second-order valence-corrected chi connectivity index (χ2v) is 13.6. The average Bonchev–Trinajstić information content (AvgIpc) is 3.66. The molecule has 0 heterocycles. The molecule has 41 heavy (non-hydrogen) atoms. The number of anilines is 1. The second-order valence-electron chi connectivity index (χ2n) is 13.6. The van der Waals surface area contributed by atoms with Crippen LogP contribution in [0.25, 0.3) is 5.76 Å². The molecular weight excluding hydrogens is 524 g/mol. The molecule has 9 nitrogen and oxygen atoms in total. The molecular formula is C32H40N2O7. The molecule has 5 aliphatic rings. The Kier molecular flexibility index (Phi) is 6.25. The standard InChI is InChI=1S/C32H40N2O7/c1-15(35)22-28(38)25(34(4)5)20-11-18-10-19-21(33(2)3)12-17(7-6-16-13-31(14-16)8-9-31)26(36)24(19)27(37)23(18)30(40)32(20,41)29(22)39/h12,16,18,20,25,36-37,39,41H,6-11,13-14H2,1-5H3/t18-,20-,25-,32+/m0/s1. The smallest absolute Gasteiger partial charge is 0.202 e. The van der Waals surface area contributed by atoms with Gasteiger partial charge in [0.2, 0.25) is 5.78 Å². The first-order valence-electron chi connectivity index (χ1n) is 14.6. The van der Waals surface area contributed by atoms with Crippen LogP contribution >= 0.6 is 0 Å². The number of likely N-dealkylation sites (N-methyl/N-ethyl adjacent to an activating group) is 1. The molecule has 5 aliphatic carbocycles. The molecule has 0 unspecified atom stereocenters. The Morgan fingerprint density at radius 1 is 1.07 bits per heavy atom. The number of Topliss-reactive ketones (excluding diaryl/α,β-unsaturated/α-hetero) is 3. The van der Waals surface area contributed by atoms with Gasteiger partial charge in [-0.15, -0.1) is 0 Å². The lowest BCUT2D eigenvalue weighted by atomic mass is 9.57. The van der Waals surface area contributed by atoms with E-state index in [1.54, 1.807) is 19.0 Å². The summed E-state index contributed by atoms with van der Waals surface area (Å²) in [6.45, 7) is 1.11. The van der Waals surface area contributed by atoms with Crippen LogP contribution in [0.4, 0.5) is 5.69 Å². The van der Waals surface area contributed by atoms with Gasteiger partial charge in [0.15, 0.2) is 17.2 Å². The van der Waals surface area contributed by atoms with E-state index in [-0.39, 0.29) is 23.3 Å². The molecule has 0 aliphatic heterocycles. The first kappa shape index (κ1) is 28.0. The van der Waals surface area contributed by atoms with E-state index in [0.29, 0.717) is 35.3 Å². The van der Waals surface area contributed by atoms with Crippen molar-refractivity contribution in [2.75, 3.05) is 33.1 Å². The third-order valence-corrected chi connectivity index (χ3v) is 10.6. The second kappa shape index (κ2) is 9.16. The minimum absolute atomic E-state index is 0.0643. The summed E-state index contributed by atoms with van der Waals surface area (Å²) in [6, 6.07) is 0.952. The molecule has 220 valence electrons. The van der Waals surface area contributed by atoms with E-state index in [4.69, 9.17) is 0 Å². The van der Waals surface area contributed by atoms with Gasteiger partial charge in [-0.3, -0.25) is 19.3 Å². The number of aliphatic hydroxyl groups is 3. The highest BCUT2D eigenvalue weighted by Crippen LogP contribution is 2.64. The summed E-state index contributed by atoms with van der Waals surface area (Å²) in [4.78, 5) is 43.4. The van der Waals surface area contributed by atoms with Crippen molar-refractivity contribution in [3.63, 3.8) is 0 Å². The number of rotatable bonds is 6. The zero-order valence-corrected chi connectivity index (χ0v) is 24.5. The first-order valence-corrected chi connectivity index (χ1v) is 14.6. The Morgan fingerprint density at radius 3 is 2.29 bits per heavy atom. The van der Waals surface area contributed by atoms with Gasteiger partial charge in [0.1, 0.15) is 22.8 Å². The maximum Gasteiger partial charge on any atom is 0.202 e. The number of hydrogen-bond acceptors (Lipinski definition) is 9. The minimum atomic E-state index is -2.55. The Hall–Kier alpha value is -3.17. The van der Waals surface area contributed by atoms with Gasteiger partial charge in [0, 0.05) is 31.3 Å². The van der Waals surface area contributed by atoms with E-state index in [1.165, 1.54) is 25.7 Å². The number of hydrogen-bond donors (Lipinski definition) is 4. The predicted molar refractivity (Wildman–Crippen MR) is 153 cm³/mol. The topological polar surface area (TPSA) is 139 Å². The van der Waals surface area contributed by atoms with E-state index in [1.807, 2.05) is 25.1 Å². The van der Waals surface area contributed by atoms with Gasteiger partial charge < -0.3 is 25.3 Å². The van der Waals surface area contributed by atoms with Crippen molar-refractivity contribution in [1.82, 2.24) is 4.90 Å². The maximum atomic E-state index is 14.1. The number of phenolic OH excluding ortho intramolecular Hbond substituents is 1. The van der Waals surface area contributed by atoms with Crippen molar-refractivity contribution in [3.05, 3.63) is 39.7 Å². The number of carbonyl (C=O) groups excluding carboxylic acids is 3. The van der Waals surface area contributed by atoms with Gasteiger partial charge in [-0.1, -0.05) is 0 Å². The zero-order valence-electron chi connectivity index (χ0n) is 24.5. The Bertz CT molecular complexity index is 1440. The van der Waals surface area contributed by atoms with E-state index in [2.05, 4.69) is 0 Å². The summed E-state index contributed by atoms with van der Waals surface area (Å²) in [7, 11) is 7.05. The maximum absolute atomic E-state index is 14.1. The van der Waals surface area contributed by atoms with Crippen LogP contribution in [0.3, 0.4) is 0 Å². The summed E-state index contributed by atoms with van der Waals surface area (Å²) < 4.78 is 0. The van der Waals surface area contributed by atoms with Gasteiger partial charge in [0.25, 0.3) is 0 Å². The number of aromatic hydroxyl groups is 1. The zero-order chi connectivity index (χ0) is 29.8. The SMILES string of the molecule is CC(=O)C1=C(O)[C@@]2(O)C(=O)C3=C(O)c4c(O)c(CCC5CC6(CC6)C5)cc(N(C)C)c4C[C@H]3C[C@H]2[C@H](N(C)C)C1=O. The normalized spacial score (nSPS) is 30.3. The largest absolute Gasteiger partial charge is 0.508 e. The molecule has 0 bridgehead atoms. The molecule has 4 N–H and O–H groups in total. The van der Waals surface area contributed by atoms with Crippen molar-refractivity contribution in [3.8, 4) is 5.75 Å². The van der Waals surface area contributed by atoms with E-state index in [9.17, 15) is 34.8 Å². The van der Waals surface area contributed by atoms with E-state index >= 15 is 0 Å². The van der Waals surface area contributed by atoms with Gasteiger partial charge in [0.05, 0.1) is 11.6 Å². The summed E-state index contributed by atoms with van der Waals surface area (Å²) in [6.07, 6.45) is 7.12. The third-order valence-electron chi connectivity index (χ3n) is 10.6. The van der Waals surface area contributed by atoms with Crippen LogP contribution in [0.5, 0.6) is 5.75 Å². The fraction of sp³-hybridized carbons (Fsp3) is 0.594. The predicted octanol–water partition coefficient (Wildman–Crippen LogP) is 3.26. The van der Waals surface area contributed by atoms with Crippen molar-refractivity contribution in [2.45, 2.75) is 69.9 Å². The number of ketones is 3. The lowest BCUT2D eigenvalue weighted by molar-refractivity contribution is -0.153. The van der Waals surface area contributed by atoms with Crippen molar-refractivity contribution in [1.29, 1.82) is 0 Å². The summed E-state index contributed by atoms with van der Waals surface area (Å²) in [5, 5.41) is 46.1. The van der Waals surface area contributed by atoms with Gasteiger partial charge in [-0.05, 0) is 107 Å². The molecule has 0 amide bonds. The molecule has 0 aromatic heterocycles. The number of fused-ring (bicyclic) bond motifs is 3. The van der Waals surface area contributed by atoms with Gasteiger partial charge in [-0.25, -0.2) is 0 Å². The molecule has 1 aromatic carbocycles. The Morgan fingerprint density at radius 2 is 1.73 bits per heavy atom. The van der Waals surface area contributed by atoms with Crippen LogP contribution in [0.15, 0.2) is 23.0 Å². The highest BCUT2D eigenvalue weighted by molar-refractivity contribution is 6.25. The van der Waals surface area contributed by atoms with Gasteiger partial charge in [-0.2, -0.15) is 0 Å². The number of benzene rings is 1. The number of phenols is 1. The van der Waals surface area contributed by atoms with Crippen molar-refractivity contribution >= 4 is 28.8 Å². The molecule has 3 fully saturated rings.